The van der Waals surface area contributed by atoms with Crippen molar-refractivity contribution in [3.8, 4) is 11.5 Å². The van der Waals surface area contributed by atoms with Gasteiger partial charge in [-0.1, -0.05) is 11.6 Å². The Morgan fingerprint density at radius 3 is 2.57 bits per heavy atom. The summed E-state index contributed by atoms with van der Waals surface area (Å²) in [6.07, 6.45) is 2.78. The van der Waals surface area contributed by atoms with Crippen molar-refractivity contribution in [2.45, 2.75) is 0 Å². The van der Waals surface area contributed by atoms with Crippen LogP contribution in [0.2, 0.25) is 5.02 Å². The van der Waals surface area contributed by atoms with Gasteiger partial charge in [0.25, 0.3) is 5.91 Å². The third-order valence-electron chi connectivity index (χ3n) is 2.79. The summed E-state index contributed by atoms with van der Waals surface area (Å²) < 4.78 is 10.2. The number of nitrogens with one attached hydrogen (secondary N) is 2. The van der Waals surface area contributed by atoms with Crippen LogP contribution in [0.25, 0.3) is 0 Å². The van der Waals surface area contributed by atoms with E-state index in [0.29, 0.717) is 22.2 Å². The van der Waals surface area contributed by atoms with Crippen LogP contribution < -0.4 is 20.2 Å². The molecule has 0 unspecified atom stereocenters. The van der Waals surface area contributed by atoms with Gasteiger partial charge in [0.05, 0.1) is 24.9 Å². The van der Waals surface area contributed by atoms with E-state index in [1.807, 2.05) is 0 Å². The molecule has 0 aliphatic heterocycles. The second-order valence-electron chi connectivity index (χ2n) is 4.06. The fraction of sp³-hybridized carbons (Fsp3) is 0.143. The van der Waals surface area contributed by atoms with E-state index in [1.54, 1.807) is 0 Å². The summed E-state index contributed by atoms with van der Waals surface area (Å²) in [5.74, 6) is 0.191. The molecular formula is C14H13ClN2O4. The molecule has 2 aromatic rings. The van der Waals surface area contributed by atoms with Crippen LogP contribution in [0.3, 0.4) is 0 Å². The average molecular weight is 309 g/mol. The number of methoxy groups -OCH3 is 2. The summed E-state index contributed by atoms with van der Waals surface area (Å²) in [5, 5.41) is 2.95. The number of rotatable bonds is 4. The third-order valence-corrected chi connectivity index (χ3v) is 3.09. The third kappa shape index (κ3) is 3.17. The first-order valence-electron chi connectivity index (χ1n) is 5.96. The Balaban J connectivity index is 2.37. The predicted octanol–water partition coefficient (Wildman–Crippen LogP) is 2.30. The molecule has 6 nitrogen and oxygen atoms in total. The van der Waals surface area contributed by atoms with Gasteiger partial charge in [-0.15, -0.1) is 0 Å². The number of pyridine rings is 1. The number of benzene rings is 1. The number of halogens is 1. The second kappa shape index (κ2) is 6.32. The molecule has 0 aliphatic rings. The predicted molar refractivity (Wildman–Crippen MR) is 79.6 cm³/mol. The standard InChI is InChI=1S/C14H13ClN2O4/c1-20-12-6-10(13(21-2)5-9(12)15)17-14(19)8-7-16-4-3-11(8)18/h3-7H,1-2H3,(H,16,18)(H,17,19). The number of aromatic nitrogens is 1. The Labute approximate surface area is 125 Å². The second-order valence-corrected chi connectivity index (χ2v) is 4.47. The Kier molecular flexibility index (Phi) is 4.49. The van der Waals surface area contributed by atoms with Crippen LogP contribution in [0.15, 0.2) is 35.4 Å². The minimum Gasteiger partial charge on any atom is -0.495 e. The first-order valence-corrected chi connectivity index (χ1v) is 6.34. The molecule has 0 atom stereocenters. The summed E-state index contributed by atoms with van der Waals surface area (Å²) in [6, 6.07) is 4.32. The van der Waals surface area contributed by atoms with Crippen LogP contribution >= 0.6 is 11.6 Å². The summed E-state index contributed by atoms with van der Waals surface area (Å²) in [5.41, 5.74) is -0.0355. The van der Waals surface area contributed by atoms with Crippen molar-refractivity contribution in [1.29, 1.82) is 0 Å². The monoisotopic (exact) mass is 308 g/mol. The maximum atomic E-state index is 12.1. The van der Waals surface area contributed by atoms with Gasteiger partial charge in [-0.3, -0.25) is 9.59 Å². The highest BCUT2D eigenvalue weighted by molar-refractivity contribution is 6.32. The van der Waals surface area contributed by atoms with Crippen molar-refractivity contribution in [2.75, 3.05) is 19.5 Å². The maximum Gasteiger partial charge on any atom is 0.261 e. The van der Waals surface area contributed by atoms with E-state index in [-0.39, 0.29) is 11.0 Å². The van der Waals surface area contributed by atoms with Crippen LogP contribution in [-0.4, -0.2) is 25.1 Å². The lowest BCUT2D eigenvalue weighted by Crippen LogP contribution is -2.21. The van der Waals surface area contributed by atoms with E-state index in [1.165, 1.54) is 44.8 Å². The van der Waals surface area contributed by atoms with E-state index in [0.717, 1.165) is 0 Å². The van der Waals surface area contributed by atoms with Crippen LogP contribution in [0.4, 0.5) is 5.69 Å². The van der Waals surface area contributed by atoms with Crippen molar-refractivity contribution in [3.63, 3.8) is 0 Å². The van der Waals surface area contributed by atoms with Crippen LogP contribution in [0.5, 0.6) is 11.5 Å². The molecule has 110 valence electrons. The van der Waals surface area contributed by atoms with Gasteiger partial charge >= 0.3 is 0 Å². The summed E-state index contributed by atoms with van der Waals surface area (Å²) in [4.78, 5) is 26.4. The largest absolute Gasteiger partial charge is 0.495 e. The Morgan fingerprint density at radius 1 is 1.24 bits per heavy atom. The summed E-state index contributed by atoms with van der Waals surface area (Å²) >= 11 is 5.99. The molecule has 1 aromatic carbocycles. The molecule has 21 heavy (non-hydrogen) atoms. The van der Waals surface area contributed by atoms with Gasteiger partial charge in [-0.25, -0.2) is 0 Å². The molecule has 0 saturated carbocycles. The van der Waals surface area contributed by atoms with Crippen molar-refractivity contribution >= 4 is 23.2 Å². The molecule has 2 N–H and O–H groups in total. The van der Waals surface area contributed by atoms with Crippen LogP contribution in [0, 0.1) is 0 Å². The molecule has 1 aromatic heterocycles. The number of carbonyl (C=O) groups is 1. The summed E-state index contributed by atoms with van der Waals surface area (Å²) in [6.45, 7) is 0. The van der Waals surface area contributed by atoms with Gasteiger partial charge in [0, 0.05) is 30.6 Å². The highest BCUT2D eigenvalue weighted by atomic mass is 35.5. The number of H-pyrrole nitrogens is 1. The first kappa shape index (κ1) is 14.9. The average Bonchev–Trinajstić information content (AvgIpc) is 2.48. The zero-order valence-electron chi connectivity index (χ0n) is 11.4. The van der Waals surface area contributed by atoms with Crippen LogP contribution in [0.1, 0.15) is 10.4 Å². The maximum absolute atomic E-state index is 12.1. The molecule has 7 heteroatoms. The molecule has 0 bridgehead atoms. The van der Waals surface area contributed by atoms with Crippen molar-refractivity contribution in [1.82, 2.24) is 4.98 Å². The van der Waals surface area contributed by atoms with E-state index in [4.69, 9.17) is 21.1 Å². The Morgan fingerprint density at radius 2 is 1.95 bits per heavy atom. The number of ether oxygens (including phenoxy) is 2. The molecule has 0 aliphatic carbocycles. The Hall–Kier alpha value is -2.47. The van der Waals surface area contributed by atoms with E-state index < -0.39 is 5.91 Å². The number of carbonyl (C=O) groups excluding carboxylic acids is 1. The lowest BCUT2D eigenvalue weighted by atomic mass is 10.2. The fourth-order valence-corrected chi connectivity index (χ4v) is 1.97. The molecule has 0 radical (unpaired) electrons. The van der Waals surface area contributed by atoms with Crippen molar-refractivity contribution in [2.24, 2.45) is 0 Å². The molecule has 2 rings (SSSR count). The number of amides is 1. The molecule has 1 amide bonds. The number of anilines is 1. The molecule has 1 heterocycles. The van der Waals surface area contributed by atoms with E-state index in [9.17, 15) is 9.59 Å². The van der Waals surface area contributed by atoms with Gasteiger partial charge < -0.3 is 19.8 Å². The molecular weight excluding hydrogens is 296 g/mol. The van der Waals surface area contributed by atoms with Gasteiger partial charge in [-0.05, 0) is 0 Å². The number of aromatic amines is 1. The van der Waals surface area contributed by atoms with Crippen molar-refractivity contribution in [3.05, 3.63) is 51.4 Å². The molecule has 0 spiro atoms. The topological polar surface area (TPSA) is 80.4 Å². The first-order chi connectivity index (χ1) is 10.1. The van der Waals surface area contributed by atoms with E-state index >= 15 is 0 Å². The lowest BCUT2D eigenvalue weighted by molar-refractivity contribution is 0.102. The van der Waals surface area contributed by atoms with Gasteiger partial charge in [-0.2, -0.15) is 0 Å². The minimum atomic E-state index is -0.556. The van der Waals surface area contributed by atoms with Gasteiger partial charge in [0.15, 0.2) is 5.43 Å². The van der Waals surface area contributed by atoms with Crippen LogP contribution in [-0.2, 0) is 0 Å². The highest BCUT2D eigenvalue weighted by Crippen LogP contribution is 2.35. The Bertz CT molecular complexity index is 727. The van der Waals surface area contributed by atoms with Gasteiger partial charge in [0.1, 0.15) is 17.1 Å². The fourth-order valence-electron chi connectivity index (χ4n) is 1.74. The summed E-state index contributed by atoms with van der Waals surface area (Å²) in [7, 11) is 2.91. The quantitative estimate of drug-likeness (QED) is 0.908. The molecule has 0 fully saturated rings. The van der Waals surface area contributed by atoms with E-state index in [2.05, 4.69) is 10.3 Å². The number of hydrogen-bond donors (Lipinski definition) is 2. The molecule has 0 saturated heterocycles. The minimum absolute atomic E-state index is 0.00605. The lowest BCUT2D eigenvalue weighted by Gasteiger charge is -2.13. The highest BCUT2D eigenvalue weighted by Gasteiger charge is 2.15. The van der Waals surface area contributed by atoms with Crippen molar-refractivity contribution < 1.29 is 14.3 Å². The number of hydrogen-bond acceptors (Lipinski definition) is 4. The SMILES string of the molecule is COc1cc(NC(=O)c2c[nH]ccc2=O)c(OC)cc1Cl. The van der Waals surface area contributed by atoms with Gasteiger partial charge in [0.2, 0.25) is 0 Å². The zero-order chi connectivity index (χ0) is 15.4. The zero-order valence-corrected chi connectivity index (χ0v) is 12.2. The normalized spacial score (nSPS) is 10.0. The smallest absolute Gasteiger partial charge is 0.261 e.